The van der Waals surface area contributed by atoms with Crippen molar-refractivity contribution in [2.45, 2.75) is 39.2 Å². The number of likely N-dealkylation sites (tertiary alicyclic amines) is 1. The number of carbonyl (C=O) groups is 2. The standard InChI is InChI=1S/C15H22N2O6/c1-15(2,3)22-14(20)17-6-4-10(5-7-17)9-21-12-8-11(13(18)19)23-16-12/h8,10H,4-7,9H2,1-3H3,(H,18,19). The molecule has 0 saturated carbocycles. The van der Waals surface area contributed by atoms with E-state index in [0.717, 1.165) is 12.8 Å². The van der Waals surface area contributed by atoms with Crippen LogP contribution in [0.15, 0.2) is 10.6 Å². The van der Waals surface area contributed by atoms with Crippen molar-refractivity contribution in [3.63, 3.8) is 0 Å². The third-order valence-corrected chi connectivity index (χ3v) is 3.43. The molecule has 1 amide bonds. The topological polar surface area (TPSA) is 102 Å². The Kier molecular flexibility index (Phi) is 5.12. The number of hydrogen-bond acceptors (Lipinski definition) is 6. The quantitative estimate of drug-likeness (QED) is 0.906. The molecule has 2 rings (SSSR count). The average molecular weight is 326 g/mol. The number of carboxylic acid groups (broad SMARTS) is 1. The van der Waals surface area contributed by atoms with Gasteiger partial charge in [-0.1, -0.05) is 0 Å². The fourth-order valence-corrected chi connectivity index (χ4v) is 2.24. The smallest absolute Gasteiger partial charge is 0.410 e. The van der Waals surface area contributed by atoms with Crippen LogP contribution < -0.4 is 4.74 Å². The Morgan fingerprint density at radius 2 is 2.04 bits per heavy atom. The maximum absolute atomic E-state index is 12.0. The third-order valence-electron chi connectivity index (χ3n) is 3.43. The highest BCUT2D eigenvalue weighted by Crippen LogP contribution is 2.21. The monoisotopic (exact) mass is 326 g/mol. The van der Waals surface area contributed by atoms with Crippen LogP contribution in [0.2, 0.25) is 0 Å². The van der Waals surface area contributed by atoms with E-state index in [2.05, 4.69) is 9.68 Å². The highest BCUT2D eigenvalue weighted by Gasteiger charge is 2.27. The predicted molar refractivity (Wildman–Crippen MR) is 79.5 cm³/mol. The molecule has 0 aliphatic carbocycles. The van der Waals surface area contributed by atoms with Gasteiger partial charge in [-0.05, 0) is 44.7 Å². The van der Waals surface area contributed by atoms with E-state index in [-0.39, 0.29) is 23.7 Å². The molecule has 128 valence electrons. The minimum atomic E-state index is -1.18. The molecule has 1 fully saturated rings. The van der Waals surface area contributed by atoms with Crippen molar-refractivity contribution in [1.29, 1.82) is 0 Å². The lowest BCUT2D eigenvalue weighted by molar-refractivity contribution is 0.0163. The van der Waals surface area contributed by atoms with Crippen molar-refractivity contribution in [3.8, 4) is 5.88 Å². The summed E-state index contributed by atoms with van der Waals surface area (Å²) in [5, 5.41) is 12.3. The summed E-state index contributed by atoms with van der Waals surface area (Å²) in [6.07, 6.45) is 1.30. The van der Waals surface area contributed by atoms with Crippen LogP contribution in [0.4, 0.5) is 4.79 Å². The van der Waals surface area contributed by atoms with Crippen molar-refractivity contribution in [3.05, 3.63) is 11.8 Å². The minimum absolute atomic E-state index is 0.164. The van der Waals surface area contributed by atoms with Gasteiger partial charge in [0, 0.05) is 13.1 Å². The molecule has 2 heterocycles. The largest absolute Gasteiger partial charge is 0.475 e. The Bertz CT molecular complexity index is 555. The van der Waals surface area contributed by atoms with Crippen molar-refractivity contribution >= 4 is 12.1 Å². The molecule has 1 aliphatic heterocycles. The van der Waals surface area contributed by atoms with Crippen molar-refractivity contribution in [1.82, 2.24) is 10.1 Å². The van der Waals surface area contributed by atoms with Gasteiger partial charge in [-0.2, -0.15) is 0 Å². The zero-order valence-electron chi connectivity index (χ0n) is 13.6. The number of nitrogens with zero attached hydrogens (tertiary/aromatic N) is 2. The molecule has 0 bridgehead atoms. The number of rotatable bonds is 4. The van der Waals surface area contributed by atoms with Gasteiger partial charge in [-0.25, -0.2) is 9.59 Å². The Hall–Kier alpha value is -2.25. The van der Waals surface area contributed by atoms with Gasteiger partial charge in [0.25, 0.3) is 5.88 Å². The fourth-order valence-electron chi connectivity index (χ4n) is 2.24. The van der Waals surface area contributed by atoms with Crippen molar-refractivity contribution in [2.75, 3.05) is 19.7 Å². The van der Waals surface area contributed by atoms with E-state index in [9.17, 15) is 9.59 Å². The molecule has 1 aliphatic rings. The molecule has 0 spiro atoms. The summed E-state index contributed by atoms with van der Waals surface area (Å²) < 4.78 is 15.4. The normalized spacial score (nSPS) is 16.2. The van der Waals surface area contributed by atoms with Crippen LogP contribution in [0.1, 0.15) is 44.2 Å². The number of carbonyl (C=O) groups excluding carboxylic acids is 1. The van der Waals surface area contributed by atoms with E-state index < -0.39 is 11.6 Å². The van der Waals surface area contributed by atoms with E-state index in [1.54, 1.807) is 4.90 Å². The van der Waals surface area contributed by atoms with Gasteiger partial charge >= 0.3 is 12.1 Å². The molecule has 8 heteroatoms. The molecule has 1 N–H and O–H groups in total. The maximum Gasteiger partial charge on any atom is 0.410 e. The van der Waals surface area contributed by atoms with Gasteiger partial charge < -0.3 is 24.0 Å². The molecule has 8 nitrogen and oxygen atoms in total. The molecular weight excluding hydrogens is 304 g/mol. The lowest BCUT2D eigenvalue weighted by Gasteiger charge is -2.33. The Labute approximate surface area is 134 Å². The molecule has 0 atom stereocenters. The van der Waals surface area contributed by atoms with Crippen LogP contribution in [-0.2, 0) is 4.74 Å². The zero-order valence-corrected chi connectivity index (χ0v) is 13.6. The number of aromatic carboxylic acids is 1. The second-order valence-electron chi connectivity index (χ2n) is 6.56. The summed E-state index contributed by atoms with van der Waals surface area (Å²) in [5.74, 6) is -0.992. The van der Waals surface area contributed by atoms with Crippen molar-refractivity contribution in [2.24, 2.45) is 5.92 Å². The van der Waals surface area contributed by atoms with Crippen LogP contribution in [0.5, 0.6) is 5.88 Å². The van der Waals surface area contributed by atoms with Crippen LogP contribution in [-0.4, -0.2) is 52.5 Å². The molecular formula is C15H22N2O6. The highest BCUT2D eigenvalue weighted by atomic mass is 16.6. The predicted octanol–water partition coefficient (Wildman–Crippen LogP) is 2.40. The number of carboxylic acids is 1. The molecule has 1 aromatic rings. The van der Waals surface area contributed by atoms with Gasteiger partial charge in [0.05, 0.1) is 12.7 Å². The summed E-state index contributed by atoms with van der Waals surface area (Å²) in [6.45, 7) is 7.16. The number of hydrogen-bond donors (Lipinski definition) is 1. The average Bonchev–Trinajstić information content (AvgIpc) is 2.93. The lowest BCUT2D eigenvalue weighted by atomic mass is 9.98. The third kappa shape index (κ3) is 5.15. The summed E-state index contributed by atoms with van der Waals surface area (Å²) in [4.78, 5) is 24.3. The Morgan fingerprint density at radius 1 is 1.39 bits per heavy atom. The second-order valence-corrected chi connectivity index (χ2v) is 6.56. The maximum atomic E-state index is 12.0. The first kappa shape index (κ1) is 17.1. The molecule has 23 heavy (non-hydrogen) atoms. The first-order valence-corrected chi connectivity index (χ1v) is 7.55. The Balaban J connectivity index is 1.74. The summed E-state index contributed by atoms with van der Waals surface area (Å²) in [6, 6.07) is 1.25. The summed E-state index contributed by atoms with van der Waals surface area (Å²) in [7, 11) is 0. The Morgan fingerprint density at radius 3 is 2.57 bits per heavy atom. The van der Waals surface area contributed by atoms with Gasteiger partial charge in [0.15, 0.2) is 0 Å². The van der Waals surface area contributed by atoms with E-state index in [1.807, 2.05) is 20.8 Å². The van der Waals surface area contributed by atoms with E-state index in [0.29, 0.717) is 19.7 Å². The molecule has 0 unspecified atom stereocenters. The van der Waals surface area contributed by atoms with Crippen LogP contribution >= 0.6 is 0 Å². The first-order valence-electron chi connectivity index (χ1n) is 7.55. The van der Waals surface area contributed by atoms with Gasteiger partial charge in [-0.3, -0.25) is 0 Å². The molecule has 1 aromatic heterocycles. The van der Waals surface area contributed by atoms with E-state index in [4.69, 9.17) is 14.6 Å². The number of amides is 1. The summed E-state index contributed by atoms with van der Waals surface area (Å²) >= 11 is 0. The van der Waals surface area contributed by atoms with E-state index in [1.165, 1.54) is 6.07 Å². The second kappa shape index (κ2) is 6.89. The summed E-state index contributed by atoms with van der Waals surface area (Å²) in [5.41, 5.74) is -0.494. The first-order chi connectivity index (χ1) is 10.7. The van der Waals surface area contributed by atoms with Gasteiger partial charge in [0.2, 0.25) is 5.76 Å². The van der Waals surface area contributed by atoms with Gasteiger partial charge in [-0.15, -0.1) is 0 Å². The number of piperidine rings is 1. The molecule has 1 saturated heterocycles. The van der Waals surface area contributed by atoms with Gasteiger partial charge in [0.1, 0.15) is 5.60 Å². The lowest BCUT2D eigenvalue weighted by Crippen LogP contribution is -2.42. The van der Waals surface area contributed by atoms with Crippen LogP contribution in [0, 0.1) is 5.92 Å². The number of aromatic nitrogens is 1. The highest BCUT2D eigenvalue weighted by molar-refractivity contribution is 5.84. The SMILES string of the molecule is CC(C)(C)OC(=O)N1CCC(COc2cc(C(=O)O)on2)CC1. The van der Waals surface area contributed by atoms with Crippen molar-refractivity contribution < 1.29 is 28.7 Å². The number of ether oxygens (including phenoxy) is 2. The van der Waals surface area contributed by atoms with Crippen LogP contribution in [0.3, 0.4) is 0 Å². The molecule has 0 aromatic carbocycles. The van der Waals surface area contributed by atoms with Crippen LogP contribution in [0.25, 0.3) is 0 Å². The zero-order chi connectivity index (χ0) is 17.0. The molecule has 0 radical (unpaired) electrons. The minimum Gasteiger partial charge on any atom is -0.475 e. The van der Waals surface area contributed by atoms with E-state index >= 15 is 0 Å². The fraction of sp³-hybridized carbons (Fsp3) is 0.667.